The minimum Gasteiger partial charge on any atom is -0.339 e. The molecular weight excluding hydrogens is 307 g/mol. The SMILES string of the molecule is Fc1cccc(CN2CCCN(c3ncc4cn[nH]c4n3)CC2)c1. The Morgan fingerprint density at radius 3 is 3.00 bits per heavy atom. The van der Waals surface area contributed by atoms with E-state index < -0.39 is 0 Å². The van der Waals surface area contributed by atoms with Gasteiger partial charge in [0.2, 0.25) is 5.95 Å². The quantitative estimate of drug-likeness (QED) is 0.799. The number of hydrogen-bond acceptors (Lipinski definition) is 5. The van der Waals surface area contributed by atoms with Crippen molar-refractivity contribution in [3.05, 3.63) is 48.0 Å². The number of nitrogens with one attached hydrogen (secondary N) is 1. The number of fused-ring (bicyclic) bond motifs is 1. The maximum Gasteiger partial charge on any atom is 0.227 e. The van der Waals surface area contributed by atoms with Crippen molar-refractivity contribution >= 4 is 17.0 Å². The van der Waals surface area contributed by atoms with E-state index in [0.29, 0.717) is 0 Å². The van der Waals surface area contributed by atoms with E-state index in [1.165, 1.54) is 6.07 Å². The van der Waals surface area contributed by atoms with Crippen LogP contribution in [0.4, 0.5) is 10.3 Å². The van der Waals surface area contributed by atoms with Gasteiger partial charge in [0.25, 0.3) is 0 Å². The van der Waals surface area contributed by atoms with Gasteiger partial charge in [-0.3, -0.25) is 10.00 Å². The summed E-state index contributed by atoms with van der Waals surface area (Å²) in [5.74, 6) is 0.560. The van der Waals surface area contributed by atoms with Crippen LogP contribution in [0.2, 0.25) is 0 Å². The molecule has 1 N–H and O–H groups in total. The highest BCUT2D eigenvalue weighted by Gasteiger charge is 2.17. The van der Waals surface area contributed by atoms with E-state index in [-0.39, 0.29) is 5.82 Å². The van der Waals surface area contributed by atoms with Gasteiger partial charge < -0.3 is 4.90 Å². The molecule has 4 rings (SSSR count). The molecule has 24 heavy (non-hydrogen) atoms. The van der Waals surface area contributed by atoms with E-state index in [4.69, 9.17) is 0 Å². The third-order valence-corrected chi connectivity index (χ3v) is 4.35. The first kappa shape index (κ1) is 15.0. The molecule has 1 aliphatic rings. The Hall–Kier alpha value is -2.54. The van der Waals surface area contributed by atoms with Crippen LogP contribution in [-0.2, 0) is 6.54 Å². The van der Waals surface area contributed by atoms with E-state index in [1.807, 2.05) is 6.07 Å². The molecule has 0 amide bonds. The summed E-state index contributed by atoms with van der Waals surface area (Å²) in [5.41, 5.74) is 1.78. The van der Waals surface area contributed by atoms with Crippen molar-refractivity contribution in [2.75, 3.05) is 31.1 Å². The summed E-state index contributed by atoms with van der Waals surface area (Å²) in [6.07, 6.45) is 4.55. The number of halogens is 1. The fourth-order valence-corrected chi connectivity index (χ4v) is 3.10. The van der Waals surface area contributed by atoms with E-state index in [2.05, 4.69) is 30.0 Å². The lowest BCUT2D eigenvalue weighted by Crippen LogP contribution is -2.31. The van der Waals surface area contributed by atoms with Crippen molar-refractivity contribution < 1.29 is 4.39 Å². The molecule has 0 atom stereocenters. The highest BCUT2D eigenvalue weighted by Crippen LogP contribution is 2.16. The topological polar surface area (TPSA) is 60.9 Å². The number of H-pyrrole nitrogens is 1. The third kappa shape index (κ3) is 3.21. The van der Waals surface area contributed by atoms with Crippen LogP contribution in [0.15, 0.2) is 36.7 Å². The summed E-state index contributed by atoms with van der Waals surface area (Å²) in [5, 5.41) is 7.79. The summed E-state index contributed by atoms with van der Waals surface area (Å²) in [6.45, 7) is 4.43. The molecule has 124 valence electrons. The van der Waals surface area contributed by atoms with Crippen LogP contribution in [-0.4, -0.2) is 51.2 Å². The average Bonchev–Trinajstić information content (AvgIpc) is 2.93. The van der Waals surface area contributed by atoms with Gasteiger partial charge in [-0.05, 0) is 24.1 Å². The Morgan fingerprint density at radius 1 is 1.12 bits per heavy atom. The molecule has 2 aromatic heterocycles. The molecule has 0 radical (unpaired) electrons. The molecule has 0 aliphatic carbocycles. The Labute approximate surface area is 139 Å². The minimum atomic E-state index is -0.176. The van der Waals surface area contributed by atoms with Gasteiger partial charge in [-0.15, -0.1) is 0 Å². The van der Waals surface area contributed by atoms with Crippen LogP contribution < -0.4 is 4.90 Å². The zero-order chi connectivity index (χ0) is 16.4. The molecule has 0 saturated carbocycles. The lowest BCUT2D eigenvalue weighted by molar-refractivity contribution is 0.285. The van der Waals surface area contributed by atoms with Crippen LogP contribution in [0.25, 0.3) is 11.0 Å². The molecule has 0 unspecified atom stereocenters. The maximum atomic E-state index is 13.3. The van der Waals surface area contributed by atoms with Crippen molar-refractivity contribution in [2.24, 2.45) is 0 Å². The van der Waals surface area contributed by atoms with Crippen LogP contribution in [0.1, 0.15) is 12.0 Å². The largest absolute Gasteiger partial charge is 0.339 e. The smallest absolute Gasteiger partial charge is 0.227 e. The molecule has 0 bridgehead atoms. The summed E-state index contributed by atoms with van der Waals surface area (Å²) < 4.78 is 13.3. The highest BCUT2D eigenvalue weighted by atomic mass is 19.1. The first-order valence-electron chi connectivity index (χ1n) is 8.16. The molecule has 3 aromatic rings. The molecule has 3 heterocycles. The second kappa shape index (κ2) is 6.52. The van der Waals surface area contributed by atoms with Gasteiger partial charge in [-0.1, -0.05) is 12.1 Å². The van der Waals surface area contributed by atoms with Gasteiger partial charge in [0.05, 0.1) is 11.6 Å². The molecule has 1 aliphatic heterocycles. The normalized spacial score (nSPS) is 16.5. The van der Waals surface area contributed by atoms with Gasteiger partial charge in [-0.25, -0.2) is 9.37 Å². The lowest BCUT2D eigenvalue weighted by atomic mass is 10.2. The predicted molar refractivity (Wildman–Crippen MR) is 90.2 cm³/mol. The molecule has 6 nitrogen and oxygen atoms in total. The maximum absolute atomic E-state index is 13.3. The van der Waals surface area contributed by atoms with Gasteiger partial charge in [0, 0.05) is 38.9 Å². The molecule has 1 saturated heterocycles. The van der Waals surface area contributed by atoms with Gasteiger partial charge in [0.1, 0.15) is 5.82 Å². The predicted octanol–water partition coefficient (Wildman–Crippen LogP) is 2.20. The average molecular weight is 326 g/mol. The molecular formula is C17H19FN6. The Morgan fingerprint density at radius 2 is 2.08 bits per heavy atom. The Balaban J connectivity index is 1.43. The summed E-state index contributed by atoms with van der Waals surface area (Å²) in [7, 11) is 0. The van der Waals surface area contributed by atoms with Gasteiger partial charge in [-0.2, -0.15) is 10.1 Å². The van der Waals surface area contributed by atoms with E-state index in [9.17, 15) is 4.39 Å². The minimum absolute atomic E-state index is 0.176. The second-order valence-corrected chi connectivity index (χ2v) is 6.09. The van der Waals surface area contributed by atoms with Crippen molar-refractivity contribution in [3.8, 4) is 0 Å². The zero-order valence-corrected chi connectivity index (χ0v) is 13.3. The summed E-state index contributed by atoms with van der Waals surface area (Å²) in [6, 6.07) is 6.83. The Kier molecular flexibility index (Phi) is 4.08. The van der Waals surface area contributed by atoms with E-state index in [0.717, 1.165) is 61.7 Å². The number of hydrogen-bond donors (Lipinski definition) is 1. The lowest BCUT2D eigenvalue weighted by Gasteiger charge is -2.22. The van der Waals surface area contributed by atoms with Crippen molar-refractivity contribution in [2.45, 2.75) is 13.0 Å². The fourth-order valence-electron chi connectivity index (χ4n) is 3.10. The first-order valence-corrected chi connectivity index (χ1v) is 8.16. The van der Waals surface area contributed by atoms with Crippen molar-refractivity contribution in [3.63, 3.8) is 0 Å². The van der Waals surface area contributed by atoms with Crippen LogP contribution in [0.5, 0.6) is 0 Å². The molecule has 1 aromatic carbocycles. The second-order valence-electron chi connectivity index (χ2n) is 6.09. The number of anilines is 1. The summed E-state index contributed by atoms with van der Waals surface area (Å²) in [4.78, 5) is 13.6. The highest BCUT2D eigenvalue weighted by molar-refractivity contribution is 5.73. The first-order chi connectivity index (χ1) is 11.8. The van der Waals surface area contributed by atoms with Crippen LogP contribution in [0, 0.1) is 5.82 Å². The van der Waals surface area contributed by atoms with Gasteiger partial charge in [0.15, 0.2) is 5.65 Å². The van der Waals surface area contributed by atoms with E-state index >= 15 is 0 Å². The summed E-state index contributed by atoms with van der Waals surface area (Å²) >= 11 is 0. The number of rotatable bonds is 3. The monoisotopic (exact) mass is 326 g/mol. The van der Waals surface area contributed by atoms with Gasteiger partial charge >= 0.3 is 0 Å². The zero-order valence-electron chi connectivity index (χ0n) is 13.3. The Bertz CT molecular complexity index is 833. The van der Waals surface area contributed by atoms with Crippen LogP contribution >= 0.6 is 0 Å². The number of aromatic nitrogens is 4. The van der Waals surface area contributed by atoms with Crippen molar-refractivity contribution in [1.29, 1.82) is 0 Å². The number of aromatic amines is 1. The fraction of sp³-hybridized carbons (Fsp3) is 0.353. The van der Waals surface area contributed by atoms with Crippen molar-refractivity contribution in [1.82, 2.24) is 25.1 Å². The number of benzene rings is 1. The third-order valence-electron chi connectivity index (χ3n) is 4.35. The molecule has 0 spiro atoms. The molecule has 7 heteroatoms. The van der Waals surface area contributed by atoms with Crippen LogP contribution in [0.3, 0.4) is 0 Å². The number of nitrogens with zero attached hydrogens (tertiary/aromatic N) is 5. The molecule has 1 fully saturated rings. The standard InChI is InChI=1S/C17H19FN6/c18-15-4-1-3-13(9-15)12-23-5-2-6-24(8-7-23)17-19-10-14-11-20-22-16(14)21-17/h1,3-4,9-11H,2,5-8,12H2,(H,19,20,21,22). The van der Waals surface area contributed by atoms with E-state index in [1.54, 1.807) is 24.5 Å².